The van der Waals surface area contributed by atoms with Gasteiger partial charge < -0.3 is 0 Å². The van der Waals surface area contributed by atoms with E-state index in [1.165, 1.54) is 107 Å². The molecule has 0 aliphatic rings. The van der Waals surface area contributed by atoms with E-state index < -0.39 is 0 Å². The minimum absolute atomic E-state index is 0.115. The second-order valence-electron chi connectivity index (χ2n) is 17.7. The summed E-state index contributed by atoms with van der Waals surface area (Å²) < 4.78 is 15.7. The molecule has 67 heavy (non-hydrogen) atoms. The summed E-state index contributed by atoms with van der Waals surface area (Å²) in [4.78, 5) is 0. The third-order valence-corrected chi connectivity index (χ3v) is 16.6. The predicted octanol–water partition coefficient (Wildman–Crippen LogP) is 18.1. The Morgan fingerprint density at radius 1 is 0.239 bits per heavy atom. The second kappa shape index (κ2) is 14.1. The van der Waals surface area contributed by atoms with Crippen LogP contribution in [0.2, 0.25) is 0 Å². The van der Waals surface area contributed by atoms with Crippen LogP contribution in [0, 0.1) is 0 Å². The van der Waals surface area contributed by atoms with Crippen molar-refractivity contribution in [2.24, 2.45) is 0 Å². The number of hydrogen-bond acceptors (Lipinski definition) is 2. The number of para-hydroxylation sites is 2. The molecule has 2 nitrogen and oxygen atoms in total. The molecule has 3 heteroatoms. The molecule has 0 aliphatic carbocycles. The molecule has 0 fully saturated rings. The van der Waals surface area contributed by atoms with Crippen LogP contribution in [0.1, 0.15) is 0 Å². The van der Waals surface area contributed by atoms with Gasteiger partial charge in [-0.25, -0.2) is 0 Å². The molecule has 0 N–H and O–H groups in total. The fourth-order valence-electron chi connectivity index (χ4n) is 11.6. The van der Waals surface area contributed by atoms with Crippen LogP contribution >= 0.6 is 0 Å². The fraction of sp³-hybridized carbons (Fsp3) is 0. The summed E-state index contributed by atoms with van der Waals surface area (Å²) in [5, 5.41) is 17.3. The fourth-order valence-corrected chi connectivity index (χ4v) is 14.1. The molecule has 3 heterocycles. The van der Waals surface area contributed by atoms with Gasteiger partial charge >= 0.3 is 380 Å². The zero-order valence-corrected chi connectivity index (χ0v) is 37.7. The average molecular weight is 916 g/mol. The molecule has 0 unspecified atom stereocenters. The molecule has 0 spiro atoms. The molecule has 3 aromatic heterocycles. The van der Waals surface area contributed by atoms with Gasteiger partial charge in [0.05, 0.1) is 0 Å². The maximum atomic E-state index is 6.44. The molecule has 0 aliphatic heterocycles. The van der Waals surface area contributed by atoms with Crippen molar-refractivity contribution in [3.63, 3.8) is 0 Å². The summed E-state index contributed by atoms with van der Waals surface area (Å²) in [7, 11) is 0. The Bertz CT molecular complexity index is 4470. The summed E-state index contributed by atoms with van der Waals surface area (Å²) in [6, 6.07) is 80.2. The minimum atomic E-state index is 0.115. The van der Waals surface area contributed by atoms with Crippen LogP contribution in [0.25, 0.3) is 151 Å². The van der Waals surface area contributed by atoms with E-state index in [2.05, 4.69) is 212 Å². The average Bonchev–Trinajstić information content (AvgIpc) is 4.09. The predicted molar refractivity (Wildman–Crippen MR) is 285 cm³/mol. The quantitative estimate of drug-likeness (QED) is 0.130. The number of furan rings is 2. The van der Waals surface area contributed by atoms with E-state index in [0.717, 1.165) is 43.9 Å². The van der Waals surface area contributed by atoms with Crippen molar-refractivity contribution in [1.29, 1.82) is 0 Å². The molecule has 0 amide bonds. The topological polar surface area (TPSA) is 26.3 Å². The van der Waals surface area contributed by atoms with Gasteiger partial charge in [0.25, 0.3) is 0 Å². The van der Waals surface area contributed by atoms with E-state index >= 15 is 0 Å². The van der Waals surface area contributed by atoms with Crippen molar-refractivity contribution in [3.05, 3.63) is 218 Å². The Kier molecular flexibility index (Phi) is 7.83. The van der Waals surface area contributed by atoms with Crippen molar-refractivity contribution in [3.8, 4) is 44.5 Å². The number of fused-ring (bicyclic) bond motifs is 13. The van der Waals surface area contributed by atoms with Gasteiger partial charge in [-0.1, -0.05) is 12.1 Å². The van der Waals surface area contributed by atoms with Gasteiger partial charge in [-0.3, -0.25) is 0 Å². The van der Waals surface area contributed by atoms with Gasteiger partial charge in [0.1, 0.15) is 0 Å². The standard InChI is InChI=1S/C64H36O2Se/c1-3-18-40-38(16-1)58(39-17-2-4-19-41(39)59(40)49-26-13-31-54-62(49)46-24-9-11-29-52(46)65-54)37-34-35-48-57(36-37)67-56-33-15-28-51(64(48)56)61-44-22-7-5-20-42(44)60(43-21-6-8-23-45(43)61)50-27-14-32-55-63(50)47-25-10-12-30-53(47)66-55/h1-36H. The number of hydrogen-bond donors (Lipinski definition) is 0. The Labute approximate surface area is 390 Å². The first kappa shape index (κ1) is 37.1. The van der Waals surface area contributed by atoms with Crippen LogP contribution in [0.15, 0.2) is 227 Å². The number of benzene rings is 12. The van der Waals surface area contributed by atoms with E-state index in [9.17, 15) is 0 Å². The zero-order valence-electron chi connectivity index (χ0n) is 36.0. The molecular weight excluding hydrogens is 880 g/mol. The third kappa shape index (κ3) is 5.27. The summed E-state index contributed by atoms with van der Waals surface area (Å²) in [5.74, 6) is 0. The van der Waals surface area contributed by atoms with Gasteiger partial charge in [-0.05, 0) is 0 Å². The molecule has 15 aromatic rings. The zero-order chi connectivity index (χ0) is 43.7. The molecule has 310 valence electrons. The van der Waals surface area contributed by atoms with Gasteiger partial charge in [0, 0.05) is 0 Å². The van der Waals surface area contributed by atoms with Gasteiger partial charge in [0.2, 0.25) is 0 Å². The van der Waals surface area contributed by atoms with Crippen LogP contribution in [0.4, 0.5) is 0 Å². The van der Waals surface area contributed by atoms with E-state index in [1.54, 1.807) is 0 Å². The second-order valence-corrected chi connectivity index (χ2v) is 20.0. The van der Waals surface area contributed by atoms with E-state index in [0.29, 0.717) is 0 Å². The van der Waals surface area contributed by atoms with Crippen molar-refractivity contribution < 1.29 is 8.83 Å². The van der Waals surface area contributed by atoms with E-state index in [4.69, 9.17) is 8.83 Å². The number of rotatable bonds is 4. The Morgan fingerprint density at radius 3 is 1.04 bits per heavy atom. The van der Waals surface area contributed by atoms with Crippen LogP contribution in [-0.2, 0) is 0 Å². The SMILES string of the molecule is c1ccc2c(c1)oc1cccc(-c3c4ccccc4c(-c4ccc5c(c4)[se]c4cccc(-c6c7ccccc7c(-c7cccc8oc9ccccc9c78)c7ccccc67)c45)c4ccccc34)c12. The molecule has 0 saturated carbocycles. The van der Waals surface area contributed by atoms with Gasteiger partial charge in [-0.15, -0.1) is 0 Å². The van der Waals surface area contributed by atoms with Crippen molar-refractivity contribution in [1.82, 2.24) is 0 Å². The first-order chi connectivity index (χ1) is 33.3. The van der Waals surface area contributed by atoms with E-state index in [1.807, 2.05) is 6.07 Å². The monoisotopic (exact) mass is 916 g/mol. The van der Waals surface area contributed by atoms with Crippen molar-refractivity contribution in [2.45, 2.75) is 0 Å². The van der Waals surface area contributed by atoms with Crippen LogP contribution in [-0.4, -0.2) is 14.5 Å². The molecule has 0 bridgehead atoms. The summed E-state index contributed by atoms with van der Waals surface area (Å²) in [6.07, 6.45) is 0. The first-order valence-corrected chi connectivity index (χ1v) is 24.6. The van der Waals surface area contributed by atoms with Crippen LogP contribution in [0.5, 0.6) is 0 Å². The van der Waals surface area contributed by atoms with Crippen molar-refractivity contribution in [2.75, 3.05) is 0 Å². The van der Waals surface area contributed by atoms with Crippen LogP contribution in [0.3, 0.4) is 0 Å². The summed E-state index contributed by atoms with van der Waals surface area (Å²) in [6.45, 7) is 0. The first-order valence-electron chi connectivity index (χ1n) is 22.9. The maximum absolute atomic E-state index is 6.44. The summed E-state index contributed by atoms with van der Waals surface area (Å²) in [5.41, 5.74) is 13.6. The van der Waals surface area contributed by atoms with Gasteiger partial charge in [0.15, 0.2) is 0 Å². The third-order valence-electron chi connectivity index (χ3n) is 14.3. The molecule has 0 radical (unpaired) electrons. The molecule has 0 atom stereocenters. The van der Waals surface area contributed by atoms with Crippen molar-refractivity contribution >= 4 is 121 Å². The Morgan fingerprint density at radius 2 is 0.597 bits per heavy atom. The molecule has 12 aromatic carbocycles. The van der Waals surface area contributed by atoms with E-state index in [-0.39, 0.29) is 14.5 Å². The molecular formula is C64H36O2Se. The molecule has 15 rings (SSSR count). The Balaban J connectivity index is 0.965. The van der Waals surface area contributed by atoms with Gasteiger partial charge in [-0.2, -0.15) is 0 Å². The van der Waals surface area contributed by atoms with Crippen LogP contribution < -0.4 is 0 Å². The normalized spacial score (nSPS) is 12.2. The molecule has 0 saturated heterocycles. The summed E-state index contributed by atoms with van der Waals surface area (Å²) >= 11 is 0.115. The Hall–Kier alpha value is -8.20.